The molecule has 0 bridgehead atoms. The van der Waals surface area contributed by atoms with Crippen LogP contribution >= 0.6 is 0 Å². The van der Waals surface area contributed by atoms with E-state index in [1.165, 1.54) is 6.92 Å². The molecule has 0 saturated carbocycles. The first-order valence-electron chi connectivity index (χ1n) is 5.16. The summed E-state index contributed by atoms with van der Waals surface area (Å²) >= 11 is 0. The van der Waals surface area contributed by atoms with Crippen molar-refractivity contribution < 1.29 is 14.3 Å². The van der Waals surface area contributed by atoms with Gasteiger partial charge in [-0.1, -0.05) is 6.92 Å². The molecule has 0 radical (unpaired) electrons. The third-order valence-corrected chi connectivity index (χ3v) is 2.72. The van der Waals surface area contributed by atoms with Crippen molar-refractivity contribution in [3.05, 3.63) is 35.5 Å². The van der Waals surface area contributed by atoms with Gasteiger partial charge in [-0.15, -0.1) is 0 Å². The minimum Gasteiger partial charge on any atom is -0.472 e. The zero-order valence-corrected chi connectivity index (χ0v) is 8.95. The van der Waals surface area contributed by atoms with E-state index in [1.807, 2.05) is 6.08 Å². The van der Waals surface area contributed by atoms with E-state index in [-0.39, 0.29) is 5.97 Å². The maximum absolute atomic E-state index is 11.0. The number of rotatable bonds is 2. The number of hydrogen-bond acceptors (Lipinski definition) is 3. The van der Waals surface area contributed by atoms with Crippen molar-refractivity contribution in [2.75, 3.05) is 0 Å². The fourth-order valence-corrected chi connectivity index (χ4v) is 2.00. The second kappa shape index (κ2) is 3.93. The Labute approximate surface area is 89.1 Å². The molecule has 1 aliphatic carbocycles. The molecule has 0 amide bonds. The summed E-state index contributed by atoms with van der Waals surface area (Å²) in [6, 6.07) is 0. The summed E-state index contributed by atoms with van der Waals surface area (Å²) in [4.78, 5) is 11.0. The van der Waals surface area contributed by atoms with E-state index in [9.17, 15) is 4.79 Å². The summed E-state index contributed by atoms with van der Waals surface area (Å²) in [5.41, 5.74) is 2.14. The SMILES string of the molecule is CCC1CC2=COC=CC2=C1OC(C)=O. The van der Waals surface area contributed by atoms with Crippen molar-refractivity contribution in [3.8, 4) is 0 Å². The quantitative estimate of drug-likeness (QED) is 0.651. The Hall–Kier alpha value is -1.51. The predicted octanol–water partition coefficient (Wildman–Crippen LogP) is 2.66. The van der Waals surface area contributed by atoms with Crippen LogP contribution in [-0.2, 0) is 14.3 Å². The average Bonchev–Trinajstić information content (AvgIpc) is 2.56. The van der Waals surface area contributed by atoms with E-state index in [0.29, 0.717) is 5.92 Å². The third kappa shape index (κ3) is 1.82. The number of ether oxygens (including phenoxy) is 2. The fraction of sp³-hybridized carbons (Fsp3) is 0.417. The van der Waals surface area contributed by atoms with E-state index in [2.05, 4.69) is 6.92 Å². The maximum Gasteiger partial charge on any atom is 0.307 e. The highest BCUT2D eigenvalue weighted by atomic mass is 16.5. The molecule has 1 heterocycles. The lowest BCUT2D eigenvalue weighted by Crippen LogP contribution is -2.06. The first-order chi connectivity index (χ1) is 7.22. The minimum absolute atomic E-state index is 0.253. The molecule has 0 spiro atoms. The third-order valence-electron chi connectivity index (χ3n) is 2.72. The van der Waals surface area contributed by atoms with Crippen molar-refractivity contribution in [2.45, 2.75) is 26.7 Å². The normalized spacial score (nSPS) is 23.3. The summed E-state index contributed by atoms with van der Waals surface area (Å²) < 4.78 is 10.4. The van der Waals surface area contributed by atoms with Gasteiger partial charge in [-0.2, -0.15) is 0 Å². The van der Waals surface area contributed by atoms with Crippen LogP contribution < -0.4 is 0 Å². The number of hydrogen-bond donors (Lipinski definition) is 0. The largest absolute Gasteiger partial charge is 0.472 e. The summed E-state index contributed by atoms with van der Waals surface area (Å²) in [6.07, 6.45) is 7.08. The van der Waals surface area contributed by atoms with E-state index in [1.54, 1.807) is 12.5 Å². The predicted molar refractivity (Wildman–Crippen MR) is 55.5 cm³/mol. The van der Waals surface area contributed by atoms with Crippen LogP contribution in [0.3, 0.4) is 0 Å². The van der Waals surface area contributed by atoms with Gasteiger partial charge < -0.3 is 9.47 Å². The average molecular weight is 206 g/mol. The number of esters is 1. The van der Waals surface area contributed by atoms with Crippen LogP contribution in [-0.4, -0.2) is 5.97 Å². The fourth-order valence-electron chi connectivity index (χ4n) is 2.00. The number of fused-ring (bicyclic) bond motifs is 1. The highest BCUT2D eigenvalue weighted by Crippen LogP contribution is 2.40. The van der Waals surface area contributed by atoms with Crippen molar-refractivity contribution in [1.29, 1.82) is 0 Å². The Bertz CT molecular complexity index is 374. The Balaban J connectivity index is 2.34. The van der Waals surface area contributed by atoms with E-state index >= 15 is 0 Å². The van der Waals surface area contributed by atoms with Gasteiger partial charge in [0.1, 0.15) is 5.76 Å². The molecule has 80 valence electrons. The molecule has 1 unspecified atom stereocenters. The highest BCUT2D eigenvalue weighted by molar-refractivity contribution is 5.68. The second-order valence-electron chi connectivity index (χ2n) is 3.76. The summed E-state index contributed by atoms with van der Waals surface area (Å²) in [5.74, 6) is 0.856. The van der Waals surface area contributed by atoms with Crippen LogP contribution in [0, 0.1) is 5.92 Å². The van der Waals surface area contributed by atoms with E-state index in [0.717, 1.165) is 29.7 Å². The number of carbonyl (C=O) groups excluding carboxylic acids is 1. The van der Waals surface area contributed by atoms with Crippen LogP contribution in [0.5, 0.6) is 0 Å². The Morgan fingerprint density at radius 3 is 3.13 bits per heavy atom. The first kappa shape index (κ1) is 10.0. The van der Waals surface area contributed by atoms with E-state index in [4.69, 9.17) is 9.47 Å². The molecule has 0 aromatic carbocycles. The van der Waals surface area contributed by atoms with E-state index < -0.39 is 0 Å². The molecule has 1 atom stereocenters. The Morgan fingerprint density at radius 2 is 2.47 bits per heavy atom. The van der Waals surface area contributed by atoms with Gasteiger partial charge in [0.2, 0.25) is 0 Å². The van der Waals surface area contributed by atoms with Crippen LogP contribution in [0.1, 0.15) is 26.7 Å². The van der Waals surface area contributed by atoms with Crippen molar-refractivity contribution >= 4 is 5.97 Å². The zero-order chi connectivity index (χ0) is 10.8. The van der Waals surface area contributed by atoms with Gasteiger partial charge in [-0.05, 0) is 24.5 Å². The van der Waals surface area contributed by atoms with Crippen LogP contribution in [0.2, 0.25) is 0 Å². The topological polar surface area (TPSA) is 35.5 Å². The van der Waals surface area contributed by atoms with Gasteiger partial charge in [-0.3, -0.25) is 4.79 Å². The number of allylic oxidation sites excluding steroid dienone is 4. The van der Waals surface area contributed by atoms with Gasteiger partial charge in [0.05, 0.1) is 12.5 Å². The van der Waals surface area contributed by atoms with Gasteiger partial charge in [0, 0.05) is 18.4 Å². The monoisotopic (exact) mass is 206 g/mol. The summed E-state index contributed by atoms with van der Waals surface area (Å²) in [7, 11) is 0. The standard InChI is InChI=1S/C12H14O3/c1-3-9-6-10-7-14-5-4-11(10)12(9)15-8(2)13/h4-5,7,9H,3,6H2,1-2H3. The molecule has 15 heavy (non-hydrogen) atoms. The van der Waals surface area contributed by atoms with Gasteiger partial charge in [-0.25, -0.2) is 0 Å². The molecule has 0 N–H and O–H groups in total. The van der Waals surface area contributed by atoms with Gasteiger partial charge in [0.15, 0.2) is 0 Å². The zero-order valence-electron chi connectivity index (χ0n) is 8.95. The van der Waals surface area contributed by atoms with Crippen molar-refractivity contribution in [1.82, 2.24) is 0 Å². The lowest BCUT2D eigenvalue weighted by atomic mass is 10.0. The molecule has 2 rings (SSSR count). The van der Waals surface area contributed by atoms with Gasteiger partial charge >= 0.3 is 5.97 Å². The lowest BCUT2D eigenvalue weighted by Gasteiger charge is -2.11. The molecule has 0 saturated heterocycles. The van der Waals surface area contributed by atoms with Crippen molar-refractivity contribution in [2.24, 2.45) is 5.92 Å². The molecule has 3 nitrogen and oxygen atoms in total. The molecular formula is C12H14O3. The highest BCUT2D eigenvalue weighted by Gasteiger charge is 2.30. The van der Waals surface area contributed by atoms with Crippen LogP contribution in [0.25, 0.3) is 0 Å². The Morgan fingerprint density at radius 1 is 1.67 bits per heavy atom. The van der Waals surface area contributed by atoms with Crippen molar-refractivity contribution in [3.63, 3.8) is 0 Å². The van der Waals surface area contributed by atoms with Crippen LogP contribution in [0.15, 0.2) is 35.5 Å². The summed E-state index contributed by atoms with van der Waals surface area (Å²) in [5, 5.41) is 0. The lowest BCUT2D eigenvalue weighted by molar-refractivity contribution is -0.137. The van der Waals surface area contributed by atoms with Crippen LogP contribution in [0.4, 0.5) is 0 Å². The minimum atomic E-state index is -0.253. The molecule has 3 heteroatoms. The smallest absolute Gasteiger partial charge is 0.307 e. The Kier molecular flexibility index (Phi) is 2.62. The molecule has 0 aromatic rings. The molecule has 2 aliphatic rings. The molecule has 0 aromatic heterocycles. The van der Waals surface area contributed by atoms with Gasteiger partial charge in [0.25, 0.3) is 0 Å². The second-order valence-corrected chi connectivity index (χ2v) is 3.76. The molecular weight excluding hydrogens is 192 g/mol. The molecule has 1 aliphatic heterocycles. The summed E-state index contributed by atoms with van der Waals surface area (Å²) in [6.45, 7) is 3.53. The first-order valence-corrected chi connectivity index (χ1v) is 5.16. The molecule has 0 fully saturated rings. The number of carbonyl (C=O) groups is 1. The maximum atomic E-state index is 11.0.